The van der Waals surface area contributed by atoms with Crippen molar-refractivity contribution in [2.45, 2.75) is 44.4 Å². The van der Waals surface area contributed by atoms with Gasteiger partial charge in [0.25, 0.3) is 0 Å². The molecule has 6 rings (SSSR count). The van der Waals surface area contributed by atoms with E-state index in [9.17, 15) is 17.6 Å². The van der Waals surface area contributed by atoms with Crippen LogP contribution in [0.2, 0.25) is 0 Å². The number of aromatic nitrogens is 5. The van der Waals surface area contributed by atoms with Crippen molar-refractivity contribution in [2.24, 2.45) is 13.0 Å². The van der Waals surface area contributed by atoms with Crippen LogP contribution in [-0.4, -0.2) is 30.9 Å². The van der Waals surface area contributed by atoms with E-state index >= 15 is 4.39 Å². The fourth-order valence-corrected chi connectivity index (χ4v) is 5.69. The Kier molecular flexibility index (Phi) is 4.95. The van der Waals surface area contributed by atoms with Crippen LogP contribution in [0.1, 0.15) is 52.7 Å². The third-order valence-corrected chi connectivity index (χ3v) is 7.49. The largest absolute Gasteiger partial charge is 0.351 e. The number of pyridine rings is 1. The van der Waals surface area contributed by atoms with Gasteiger partial charge in [-0.15, -0.1) is 5.10 Å². The maximum atomic E-state index is 15.1. The van der Waals surface area contributed by atoms with Gasteiger partial charge in [-0.05, 0) is 37.2 Å². The normalized spacial score (nSPS) is 18.4. The van der Waals surface area contributed by atoms with Gasteiger partial charge in [-0.1, -0.05) is 35.5 Å². The summed E-state index contributed by atoms with van der Waals surface area (Å²) in [5.41, 5.74) is 0.755. The van der Waals surface area contributed by atoms with Crippen molar-refractivity contribution < 1.29 is 26.1 Å². The van der Waals surface area contributed by atoms with Crippen molar-refractivity contribution in [3.8, 4) is 11.3 Å². The van der Waals surface area contributed by atoms with Gasteiger partial charge < -0.3 is 4.98 Å². The van der Waals surface area contributed by atoms with Gasteiger partial charge in [-0.2, -0.15) is 0 Å². The number of nitrogens with one attached hydrogen (secondary N) is 1. The summed E-state index contributed by atoms with van der Waals surface area (Å²) in [4.78, 5) is 7.50. The molecule has 5 nitrogen and oxygen atoms in total. The van der Waals surface area contributed by atoms with Crippen molar-refractivity contribution in [1.29, 1.82) is 0 Å². The lowest BCUT2D eigenvalue weighted by atomic mass is 9.73. The van der Waals surface area contributed by atoms with Crippen LogP contribution >= 0.6 is 0 Å². The number of nitrogens with zero attached hydrogens (tertiary/aromatic N) is 4. The van der Waals surface area contributed by atoms with E-state index in [1.807, 2.05) is 12.1 Å². The van der Waals surface area contributed by atoms with Crippen LogP contribution in [-0.2, 0) is 7.05 Å². The lowest BCUT2D eigenvalue weighted by Crippen LogP contribution is -2.29. The Bertz CT molecular complexity index is 1770. The zero-order valence-corrected chi connectivity index (χ0v) is 20.2. The van der Waals surface area contributed by atoms with E-state index in [2.05, 4.69) is 15.3 Å². The summed E-state index contributed by atoms with van der Waals surface area (Å²) < 4.78 is 97.9. The first kappa shape index (κ1) is 21.2. The first-order valence-corrected chi connectivity index (χ1v) is 12.2. The van der Waals surface area contributed by atoms with Crippen molar-refractivity contribution in [3.63, 3.8) is 0 Å². The van der Waals surface area contributed by atoms with Gasteiger partial charge in [0.15, 0.2) is 11.6 Å². The monoisotopic (exact) mass is 528 g/mol. The Morgan fingerprint density at radius 3 is 2.53 bits per heavy atom. The Morgan fingerprint density at radius 1 is 1.08 bits per heavy atom. The summed E-state index contributed by atoms with van der Waals surface area (Å²) in [6.07, 6.45) is -0.357. The Hall–Kier alpha value is -3.82. The molecule has 1 atom stereocenters. The number of halogens is 5. The minimum atomic E-state index is -2.81. The molecule has 1 unspecified atom stereocenters. The number of fused-ring (bicyclic) bond motifs is 3. The number of alkyl halides is 2. The molecule has 3 aromatic heterocycles. The highest BCUT2D eigenvalue weighted by atomic mass is 19.3. The van der Waals surface area contributed by atoms with Gasteiger partial charge in [0.1, 0.15) is 5.82 Å². The molecule has 5 aromatic rings. The summed E-state index contributed by atoms with van der Waals surface area (Å²) >= 11 is 0. The van der Waals surface area contributed by atoms with Crippen LogP contribution in [0.3, 0.4) is 0 Å². The molecule has 0 saturated heterocycles. The zero-order valence-electron chi connectivity index (χ0n) is 23.2. The minimum absolute atomic E-state index is 0.00258. The minimum Gasteiger partial charge on any atom is -0.351 e. The second kappa shape index (κ2) is 8.89. The van der Waals surface area contributed by atoms with Gasteiger partial charge >= 0.3 is 0 Å². The van der Waals surface area contributed by atoms with Crippen LogP contribution in [0, 0.1) is 30.2 Å². The molecular weight excluding hydrogens is 501 g/mol. The van der Waals surface area contributed by atoms with E-state index in [1.165, 1.54) is 17.8 Å². The number of hydrogen-bond acceptors (Lipinski definition) is 3. The Balaban J connectivity index is 1.70. The standard InChI is InChI=1S/C28H24F5N5/c1-14-27(38(2)37-36-14)17-12-20-25(22-18(29)13-19(30)23(31)26(22)34-20)35-24(17)21(15-6-4-3-5-7-15)16-8-10-28(32,33)11-9-16/h3-7,12-13,16,21,34H,8-11H2,1-2H3/i1D3. The van der Waals surface area contributed by atoms with E-state index in [1.54, 1.807) is 18.2 Å². The number of rotatable bonds is 4. The highest BCUT2D eigenvalue weighted by molar-refractivity contribution is 6.06. The fourth-order valence-electron chi connectivity index (χ4n) is 5.69. The number of hydrogen-bond donors (Lipinski definition) is 1. The number of aryl methyl sites for hydroxylation is 2. The van der Waals surface area contributed by atoms with Crippen molar-refractivity contribution in [1.82, 2.24) is 25.0 Å². The van der Waals surface area contributed by atoms with Crippen LogP contribution in [0.5, 0.6) is 0 Å². The van der Waals surface area contributed by atoms with E-state index in [-0.39, 0.29) is 70.7 Å². The summed E-state index contributed by atoms with van der Waals surface area (Å²) in [5.74, 6) is -7.46. The van der Waals surface area contributed by atoms with Crippen molar-refractivity contribution >= 4 is 21.9 Å². The second-order valence-electron chi connectivity index (χ2n) is 9.84. The predicted octanol–water partition coefficient (Wildman–Crippen LogP) is 7.19. The van der Waals surface area contributed by atoms with Gasteiger partial charge in [-0.25, -0.2) is 31.6 Å². The van der Waals surface area contributed by atoms with E-state index in [0.717, 1.165) is 5.56 Å². The molecule has 0 aliphatic heterocycles. The first-order chi connectivity index (χ1) is 19.4. The van der Waals surface area contributed by atoms with Crippen molar-refractivity contribution in [2.75, 3.05) is 0 Å². The molecule has 3 heterocycles. The molecule has 0 amide bonds. The SMILES string of the molecule is [2H]C([2H])([2H])c1nnn(C)c1-c1cc2[nH]c3c(F)c(F)cc(F)c3c2nc1C(c1ccccc1)C1CCC(F)(F)CC1. The molecule has 1 N–H and O–H groups in total. The summed E-state index contributed by atoms with van der Waals surface area (Å²) in [6, 6.07) is 11.0. The van der Waals surface area contributed by atoms with Crippen molar-refractivity contribution in [3.05, 3.63) is 76.9 Å². The average Bonchev–Trinajstić information content (AvgIpc) is 3.49. The van der Waals surface area contributed by atoms with E-state index < -0.39 is 41.7 Å². The molecule has 0 radical (unpaired) electrons. The maximum Gasteiger partial charge on any atom is 0.248 e. The third kappa shape index (κ3) is 3.93. The lowest BCUT2D eigenvalue weighted by Gasteiger charge is -2.34. The van der Waals surface area contributed by atoms with E-state index in [4.69, 9.17) is 9.10 Å². The topological polar surface area (TPSA) is 59.4 Å². The quantitative estimate of drug-likeness (QED) is 0.198. The van der Waals surface area contributed by atoms with Gasteiger partial charge in [0.2, 0.25) is 5.92 Å². The molecule has 1 aliphatic carbocycles. The fraction of sp³-hybridized carbons (Fsp3) is 0.321. The van der Waals surface area contributed by atoms with Crippen LogP contribution in [0.4, 0.5) is 22.0 Å². The summed E-state index contributed by atoms with van der Waals surface area (Å²) in [6.45, 7) is -2.67. The molecule has 1 aliphatic rings. The summed E-state index contributed by atoms with van der Waals surface area (Å²) in [7, 11) is 1.50. The molecule has 38 heavy (non-hydrogen) atoms. The summed E-state index contributed by atoms with van der Waals surface area (Å²) in [5, 5.41) is 7.53. The predicted molar refractivity (Wildman–Crippen MR) is 133 cm³/mol. The van der Waals surface area contributed by atoms with Crippen LogP contribution < -0.4 is 0 Å². The molecule has 1 saturated carbocycles. The first-order valence-electron chi connectivity index (χ1n) is 13.7. The molecule has 0 spiro atoms. The van der Waals surface area contributed by atoms with E-state index in [0.29, 0.717) is 6.07 Å². The molecule has 2 aromatic carbocycles. The number of H-pyrrole nitrogens is 1. The van der Waals surface area contributed by atoms with Gasteiger partial charge in [-0.3, -0.25) is 0 Å². The highest BCUT2D eigenvalue weighted by Gasteiger charge is 2.40. The van der Waals surface area contributed by atoms with Crippen LogP contribution in [0.15, 0.2) is 42.5 Å². The Labute approximate surface area is 218 Å². The third-order valence-electron chi connectivity index (χ3n) is 7.49. The van der Waals surface area contributed by atoms with Gasteiger partial charge in [0, 0.05) is 41.5 Å². The Morgan fingerprint density at radius 2 is 1.82 bits per heavy atom. The molecular formula is C28H24F5N5. The smallest absolute Gasteiger partial charge is 0.248 e. The number of benzene rings is 2. The van der Waals surface area contributed by atoms with Gasteiger partial charge in [0.05, 0.1) is 39.0 Å². The molecule has 0 bridgehead atoms. The van der Waals surface area contributed by atoms with Crippen LogP contribution in [0.25, 0.3) is 33.2 Å². The average molecular weight is 529 g/mol. The molecule has 1 fully saturated rings. The maximum absolute atomic E-state index is 15.1. The lowest BCUT2D eigenvalue weighted by molar-refractivity contribution is -0.0474. The number of aromatic amines is 1. The highest BCUT2D eigenvalue weighted by Crippen LogP contribution is 2.47. The molecule has 196 valence electrons. The molecule has 10 heteroatoms. The second-order valence-corrected chi connectivity index (χ2v) is 9.84. The zero-order chi connectivity index (χ0) is 29.3.